The number of nitrogens with zero attached hydrogens (tertiary/aromatic N) is 2. The van der Waals surface area contributed by atoms with Gasteiger partial charge in [0.2, 0.25) is 0 Å². The van der Waals surface area contributed by atoms with Gasteiger partial charge in [-0.05, 0) is 48.2 Å². The summed E-state index contributed by atoms with van der Waals surface area (Å²) in [5.41, 5.74) is 7.25. The Bertz CT molecular complexity index is 1360. The fourth-order valence-corrected chi connectivity index (χ4v) is 7.27. The van der Waals surface area contributed by atoms with E-state index in [9.17, 15) is 9.76 Å². The van der Waals surface area contributed by atoms with Gasteiger partial charge in [0.15, 0.2) is 0 Å². The summed E-state index contributed by atoms with van der Waals surface area (Å²) in [5.74, 6) is 2.05. The topological polar surface area (TPSA) is 86.8 Å². The number of aromatic nitrogens is 2. The Morgan fingerprint density at radius 2 is 2.00 bits per heavy atom. The van der Waals surface area contributed by atoms with Gasteiger partial charge in [-0.15, -0.1) is 0 Å². The fraction of sp³-hybridized carbons (Fsp3) is 0.345. The summed E-state index contributed by atoms with van der Waals surface area (Å²) < 4.78 is 11.6. The molecule has 2 N–H and O–H groups in total. The minimum absolute atomic E-state index is 0.0549. The molecule has 1 aliphatic carbocycles. The van der Waals surface area contributed by atoms with Crippen molar-refractivity contribution in [3.8, 4) is 11.4 Å². The summed E-state index contributed by atoms with van der Waals surface area (Å²) in [4.78, 5) is 8.03. The zero-order valence-electron chi connectivity index (χ0n) is 20.7. The molecule has 1 atom stereocenters. The first-order valence-electron chi connectivity index (χ1n) is 13.0. The van der Waals surface area contributed by atoms with E-state index in [2.05, 4.69) is 45.6 Å². The van der Waals surface area contributed by atoms with Crippen molar-refractivity contribution in [2.24, 2.45) is 0 Å². The number of fused-ring (bicyclic) bond motifs is 1. The molecule has 37 heavy (non-hydrogen) atoms. The van der Waals surface area contributed by atoms with Crippen molar-refractivity contribution < 1.29 is 9.20 Å². The molecular formula is C29H31ClN4O2S. The summed E-state index contributed by atoms with van der Waals surface area (Å²) in [6.45, 7) is 1.04. The number of aromatic amines is 1. The summed E-state index contributed by atoms with van der Waals surface area (Å²) in [7, 11) is 0. The Labute approximate surface area is 225 Å². The molecule has 0 amide bonds. The first-order chi connectivity index (χ1) is 18.0. The van der Waals surface area contributed by atoms with E-state index in [0.717, 1.165) is 71.7 Å². The van der Waals surface area contributed by atoms with E-state index in [0.29, 0.717) is 29.6 Å². The van der Waals surface area contributed by atoms with Crippen molar-refractivity contribution in [3.05, 3.63) is 87.9 Å². The second-order valence-electron chi connectivity index (χ2n) is 10.2. The number of nitrogens with one attached hydrogen (secondary N) is 2. The molecule has 6 nitrogen and oxygen atoms in total. The van der Waals surface area contributed by atoms with Gasteiger partial charge in [0, 0.05) is 41.8 Å². The van der Waals surface area contributed by atoms with Crippen molar-refractivity contribution in [1.82, 2.24) is 9.97 Å². The van der Waals surface area contributed by atoms with Crippen LogP contribution in [0.1, 0.15) is 42.5 Å². The van der Waals surface area contributed by atoms with Crippen LogP contribution in [-0.4, -0.2) is 43.3 Å². The second-order valence-corrected chi connectivity index (χ2v) is 12.3. The zero-order valence-corrected chi connectivity index (χ0v) is 22.3. The molecule has 1 unspecified atom stereocenters. The average Bonchev–Trinajstić information content (AvgIpc) is 3.41. The number of anilines is 2. The van der Waals surface area contributed by atoms with Gasteiger partial charge in [-0.2, -0.15) is 0 Å². The number of hydrogen-bond acceptors (Lipinski definition) is 4. The van der Waals surface area contributed by atoms with Crippen molar-refractivity contribution in [1.29, 1.82) is 0 Å². The van der Waals surface area contributed by atoms with Gasteiger partial charge < -0.3 is 24.7 Å². The Hall–Kier alpha value is -2.55. The Morgan fingerprint density at radius 3 is 2.81 bits per heavy atom. The number of quaternary nitrogens is 1. The van der Waals surface area contributed by atoms with E-state index in [1.807, 2.05) is 30.5 Å². The summed E-state index contributed by atoms with van der Waals surface area (Å²) >= 11 is 5.83. The molecule has 1 saturated heterocycles. The molecule has 1 aromatic heterocycles. The van der Waals surface area contributed by atoms with Crippen LogP contribution >= 0.6 is 11.6 Å². The lowest BCUT2D eigenvalue weighted by atomic mass is 9.94. The van der Waals surface area contributed by atoms with Gasteiger partial charge >= 0.3 is 0 Å². The minimum atomic E-state index is -0.754. The Kier molecular flexibility index (Phi) is 6.90. The summed E-state index contributed by atoms with van der Waals surface area (Å²) in [6, 6.07) is 12.1. The lowest BCUT2D eigenvalue weighted by Gasteiger charge is -2.52. The van der Waals surface area contributed by atoms with Gasteiger partial charge in [0.25, 0.3) is 0 Å². The number of imidazole rings is 1. The van der Waals surface area contributed by atoms with Crippen LogP contribution in [0.5, 0.6) is 0 Å². The second kappa shape index (κ2) is 10.3. The van der Waals surface area contributed by atoms with E-state index >= 15 is 0 Å². The van der Waals surface area contributed by atoms with Crippen LogP contribution in [0.2, 0.25) is 5.02 Å². The smallest absolute Gasteiger partial charge is 0.139 e. The maximum Gasteiger partial charge on any atom is 0.139 e. The van der Waals surface area contributed by atoms with Crippen LogP contribution in [0.3, 0.4) is 0 Å². The largest absolute Gasteiger partial charge is 0.632 e. The Balaban J connectivity index is 1.23. The number of H-pyrrole nitrogens is 1. The van der Waals surface area contributed by atoms with E-state index < -0.39 is 11.2 Å². The van der Waals surface area contributed by atoms with Crippen LogP contribution in [0.4, 0.5) is 11.4 Å². The molecule has 0 spiro atoms. The van der Waals surface area contributed by atoms with E-state index in [-0.39, 0.29) is 10.7 Å². The van der Waals surface area contributed by atoms with Crippen LogP contribution in [0.15, 0.2) is 60.8 Å². The van der Waals surface area contributed by atoms with Crippen LogP contribution in [-0.2, 0) is 24.1 Å². The molecule has 2 aliphatic heterocycles. The number of hydrogen-bond donors (Lipinski definition) is 2. The molecule has 8 heteroatoms. The lowest BCUT2D eigenvalue weighted by Crippen LogP contribution is -2.55. The van der Waals surface area contributed by atoms with Crippen molar-refractivity contribution in [3.63, 3.8) is 0 Å². The van der Waals surface area contributed by atoms with Crippen molar-refractivity contribution in [2.45, 2.75) is 44.7 Å². The quantitative estimate of drug-likeness (QED) is 0.222. The highest BCUT2D eigenvalue weighted by Gasteiger charge is 2.37. The maximum atomic E-state index is 13.8. The lowest BCUT2D eigenvalue weighted by molar-refractivity contribution is -0.920. The molecule has 3 heterocycles. The van der Waals surface area contributed by atoms with Crippen molar-refractivity contribution >= 4 is 39.7 Å². The summed E-state index contributed by atoms with van der Waals surface area (Å²) in [6.07, 6.45) is 12.8. The Morgan fingerprint density at radius 1 is 1.14 bits per heavy atom. The zero-order chi connectivity index (χ0) is 25.4. The molecule has 6 rings (SSSR count). The number of halogens is 1. The highest BCUT2D eigenvalue weighted by atomic mass is 35.5. The highest BCUT2D eigenvalue weighted by Crippen LogP contribution is 2.37. The van der Waals surface area contributed by atoms with Gasteiger partial charge in [-0.1, -0.05) is 53.1 Å². The molecule has 0 saturated carbocycles. The fourth-order valence-electron chi connectivity index (χ4n) is 5.79. The van der Waals surface area contributed by atoms with E-state index in [1.165, 1.54) is 5.56 Å². The molecule has 2 aromatic carbocycles. The monoisotopic (exact) mass is 534 g/mol. The summed E-state index contributed by atoms with van der Waals surface area (Å²) in [5, 5.41) is 18.0. The standard InChI is InChI=1S/C29H31ClN4O2S/c30-26-10-9-22(17-25(26)29-31-18-28(33-29)20-5-2-1-3-6-20)32-27-8-4-7-21-19-34(35,14-11-24(21)27)23-12-15-37(36)16-13-23/h2,4-10,17-18,23,32H,1,3,11-16,19H2,(H,31,33). The van der Waals surface area contributed by atoms with Crippen molar-refractivity contribution in [2.75, 3.05) is 23.4 Å². The van der Waals surface area contributed by atoms with E-state index in [4.69, 9.17) is 11.6 Å². The minimum Gasteiger partial charge on any atom is -0.632 e. The average molecular weight is 535 g/mol. The molecular weight excluding hydrogens is 504 g/mol. The molecule has 192 valence electrons. The van der Waals surface area contributed by atoms with Gasteiger partial charge in [-0.3, -0.25) is 0 Å². The number of rotatable bonds is 5. The first kappa shape index (κ1) is 24.8. The predicted molar refractivity (Wildman–Crippen MR) is 152 cm³/mol. The molecule has 3 aliphatic rings. The normalized spacial score (nSPS) is 25.4. The van der Waals surface area contributed by atoms with Gasteiger partial charge in [0.1, 0.15) is 23.9 Å². The predicted octanol–water partition coefficient (Wildman–Crippen LogP) is 6.49. The molecule has 0 radical (unpaired) electrons. The van der Waals surface area contributed by atoms with Gasteiger partial charge in [0.05, 0.1) is 29.5 Å². The maximum absolute atomic E-state index is 13.8. The number of benzene rings is 2. The number of hydroxylamine groups is 3. The third-order valence-corrected chi connectivity index (χ3v) is 9.57. The highest BCUT2D eigenvalue weighted by molar-refractivity contribution is 7.91. The molecule has 0 bridgehead atoms. The van der Waals surface area contributed by atoms with Crippen LogP contribution < -0.4 is 5.32 Å². The van der Waals surface area contributed by atoms with E-state index in [1.54, 1.807) is 0 Å². The van der Waals surface area contributed by atoms with Gasteiger partial charge in [-0.25, -0.2) is 4.98 Å². The third-order valence-electron chi connectivity index (χ3n) is 7.86. The number of allylic oxidation sites excluding steroid dienone is 4. The SMILES string of the molecule is [O-][S+]1CCC([N+]2([O-])CCc3c(cccc3Nc3ccc(Cl)c(-c4ncc(C5=CCCC=C5)[nH]4)c3)C2)CC1. The van der Waals surface area contributed by atoms with Crippen LogP contribution in [0, 0.1) is 5.21 Å². The first-order valence-corrected chi connectivity index (χ1v) is 14.9. The molecule has 3 aromatic rings. The molecule has 1 fully saturated rings. The van der Waals surface area contributed by atoms with Crippen LogP contribution in [0.25, 0.3) is 17.0 Å². The third kappa shape index (κ3) is 5.11.